The summed E-state index contributed by atoms with van der Waals surface area (Å²) in [6, 6.07) is 12.9. The number of nitrogens with one attached hydrogen (secondary N) is 2. The highest BCUT2D eigenvalue weighted by Crippen LogP contribution is 2.35. The van der Waals surface area contributed by atoms with Crippen LogP contribution in [0.25, 0.3) is 10.9 Å². The van der Waals surface area contributed by atoms with Crippen molar-refractivity contribution in [2.75, 3.05) is 31.6 Å². The second-order valence-electron chi connectivity index (χ2n) is 9.21. The molecular weight excluding hydrogens is 416 g/mol. The molecule has 1 aromatic carbocycles. The van der Waals surface area contributed by atoms with E-state index in [1.165, 1.54) is 18.4 Å². The number of hydrogen-bond donors (Lipinski definition) is 2. The SMILES string of the molecule is CC(c1ccc(Nc2nn(C3(CC#N)CCCOC3)c3cc[nH]c(=O)c23)cc1)N1CCCC1. The van der Waals surface area contributed by atoms with E-state index in [1.807, 2.05) is 22.9 Å². The van der Waals surface area contributed by atoms with Gasteiger partial charge in [0.1, 0.15) is 5.39 Å². The second-order valence-corrected chi connectivity index (χ2v) is 9.21. The van der Waals surface area contributed by atoms with Crippen LogP contribution in [-0.2, 0) is 10.3 Å². The van der Waals surface area contributed by atoms with Gasteiger partial charge in [-0.2, -0.15) is 10.4 Å². The molecule has 2 atom stereocenters. The summed E-state index contributed by atoms with van der Waals surface area (Å²) in [6.07, 6.45) is 6.08. The largest absolute Gasteiger partial charge is 0.379 e. The quantitative estimate of drug-likeness (QED) is 0.593. The summed E-state index contributed by atoms with van der Waals surface area (Å²) >= 11 is 0. The summed E-state index contributed by atoms with van der Waals surface area (Å²) in [5.41, 5.74) is 2.08. The van der Waals surface area contributed by atoms with Gasteiger partial charge in [-0.3, -0.25) is 14.4 Å². The summed E-state index contributed by atoms with van der Waals surface area (Å²) < 4.78 is 7.59. The highest BCUT2D eigenvalue weighted by Gasteiger charge is 2.38. The van der Waals surface area contributed by atoms with E-state index in [4.69, 9.17) is 9.84 Å². The number of aromatic amines is 1. The Balaban J connectivity index is 1.49. The lowest BCUT2D eigenvalue weighted by Gasteiger charge is -2.35. The number of benzene rings is 1. The van der Waals surface area contributed by atoms with Crippen LogP contribution in [0.15, 0.2) is 41.3 Å². The molecule has 2 aromatic heterocycles. The van der Waals surface area contributed by atoms with Crippen molar-refractivity contribution >= 4 is 22.4 Å². The lowest BCUT2D eigenvalue weighted by Crippen LogP contribution is -2.42. The van der Waals surface area contributed by atoms with E-state index in [2.05, 4.69) is 40.3 Å². The molecule has 2 unspecified atom stereocenters. The number of anilines is 2. The van der Waals surface area contributed by atoms with Gasteiger partial charge in [0.2, 0.25) is 0 Å². The Labute approximate surface area is 193 Å². The van der Waals surface area contributed by atoms with E-state index >= 15 is 0 Å². The molecule has 172 valence electrons. The van der Waals surface area contributed by atoms with E-state index in [1.54, 1.807) is 6.20 Å². The van der Waals surface area contributed by atoms with Crippen LogP contribution in [0.5, 0.6) is 0 Å². The van der Waals surface area contributed by atoms with E-state index in [0.717, 1.165) is 31.6 Å². The first-order chi connectivity index (χ1) is 16.1. The van der Waals surface area contributed by atoms with Crippen molar-refractivity contribution in [2.45, 2.75) is 50.6 Å². The van der Waals surface area contributed by atoms with Gasteiger partial charge in [0.05, 0.1) is 30.2 Å². The first-order valence-corrected chi connectivity index (χ1v) is 11.8. The monoisotopic (exact) mass is 446 g/mol. The fourth-order valence-electron chi connectivity index (χ4n) is 5.21. The first kappa shape index (κ1) is 21.7. The van der Waals surface area contributed by atoms with Gasteiger partial charge in [-0.05, 0) is 69.5 Å². The van der Waals surface area contributed by atoms with Gasteiger partial charge in [0.25, 0.3) is 5.56 Å². The molecular formula is C25H30N6O2. The molecule has 0 aliphatic carbocycles. The molecule has 5 rings (SSSR count). The zero-order chi connectivity index (χ0) is 22.8. The van der Waals surface area contributed by atoms with Crippen molar-refractivity contribution in [3.8, 4) is 6.07 Å². The number of pyridine rings is 1. The van der Waals surface area contributed by atoms with Gasteiger partial charge < -0.3 is 15.0 Å². The molecule has 2 aliphatic heterocycles. The number of fused-ring (bicyclic) bond motifs is 1. The molecule has 2 saturated heterocycles. The maximum absolute atomic E-state index is 12.8. The Morgan fingerprint density at radius 3 is 2.73 bits per heavy atom. The Kier molecular flexibility index (Phi) is 5.92. The maximum Gasteiger partial charge on any atom is 0.261 e. The van der Waals surface area contributed by atoms with Crippen molar-refractivity contribution in [3.63, 3.8) is 0 Å². The van der Waals surface area contributed by atoms with Gasteiger partial charge in [0.15, 0.2) is 5.82 Å². The van der Waals surface area contributed by atoms with Crippen LogP contribution < -0.4 is 10.9 Å². The summed E-state index contributed by atoms with van der Waals surface area (Å²) in [7, 11) is 0. The lowest BCUT2D eigenvalue weighted by atomic mass is 9.89. The molecule has 0 amide bonds. The van der Waals surface area contributed by atoms with Gasteiger partial charge in [-0.15, -0.1) is 0 Å². The number of hydrogen-bond acceptors (Lipinski definition) is 6. The minimum absolute atomic E-state index is 0.204. The number of H-pyrrole nitrogens is 1. The van der Waals surface area contributed by atoms with Gasteiger partial charge in [0, 0.05) is 24.5 Å². The van der Waals surface area contributed by atoms with Crippen molar-refractivity contribution in [1.29, 1.82) is 5.26 Å². The molecule has 0 saturated carbocycles. The van der Waals surface area contributed by atoms with Gasteiger partial charge in [-0.1, -0.05) is 12.1 Å². The smallest absolute Gasteiger partial charge is 0.261 e. The van der Waals surface area contributed by atoms with Crippen molar-refractivity contribution in [2.24, 2.45) is 0 Å². The summed E-state index contributed by atoms with van der Waals surface area (Å²) in [5.74, 6) is 0.495. The topological polar surface area (TPSA) is 99.0 Å². The normalized spacial score (nSPS) is 22.3. The molecule has 8 nitrogen and oxygen atoms in total. The van der Waals surface area contributed by atoms with Crippen LogP contribution in [0.4, 0.5) is 11.5 Å². The van der Waals surface area contributed by atoms with Crippen molar-refractivity contribution in [3.05, 3.63) is 52.4 Å². The fourth-order valence-corrected chi connectivity index (χ4v) is 5.21. The Hall–Kier alpha value is -3.15. The molecule has 2 N–H and O–H groups in total. The molecule has 0 radical (unpaired) electrons. The predicted octanol–water partition coefficient (Wildman–Crippen LogP) is 4.04. The number of rotatable bonds is 6. The van der Waals surface area contributed by atoms with E-state index in [0.29, 0.717) is 36.0 Å². The Morgan fingerprint density at radius 1 is 1.24 bits per heavy atom. The summed E-state index contributed by atoms with van der Waals surface area (Å²) in [6.45, 7) is 5.65. The van der Waals surface area contributed by atoms with Crippen LogP contribution >= 0.6 is 0 Å². The third kappa shape index (κ3) is 4.03. The zero-order valence-corrected chi connectivity index (χ0v) is 19.0. The van der Waals surface area contributed by atoms with Crippen LogP contribution in [0, 0.1) is 11.3 Å². The second kappa shape index (κ2) is 9.00. The third-order valence-corrected chi connectivity index (χ3v) is 7.11. The average Bonchev–Trinajstić information content (AvgIpc) is 3.50. The van der Waals surface area contributed by atoms with Crippen LogP contribution in [-0.4, -0.2) is 46.0 Å². The predicted molar refractivity (Wildman–Crippen MR) is 128 cm³/mol. The van der Waals surface area contributed by atoms with Crippen LogP contribution in [0.1, 0.15) is 50.6 Å². The molecule has 3 aromatic rings. The van der Waals surface area contributed by atoms with Crippen LogP contribution in [0.2, 0.25) is 0 Å². The summed E-state index contributed by atoms with van der Waals surface area (Å²) in [5, 5.41) is 18.2. The highest BCUT2D eigenvalue weighted by atomic mass is 16.5. The number of aromatic nitrogens is 3. The maximum atomic E-state index is 12.8. The van der Waals surface area contributed by atoms with Gasteiger partial charge >= 0.3 is 0 Å². The number of nitriles is 1. The molecule has 33 heavy (non-hydrogen) atoms. The molecule has 4 heterocycles. The van der Waals surface area contributed by atoms with E-state index < -0.39 is 5.54 Å². The van der Waals surface area contributed by atoms with Crippen LogP contribution in [0.3, 0.4) is 0 Å². The standard InChI is InChI=1S/C25H30N6O2/c1-18(30-14-2-3-15-30)19-5-7-20(8-6-19)28-23-22-21(9-13-27-24(22)32)31(29-23)25(11-12-26)10-4-16-33-17-25/h5-9,13,18H,2-4,10-11,14-17H2,1H3,(H,27,32)(H,28,29). The Bertz CT molecular complexity index is 1210. The number of nitrogens with zero attached hydrogens (tertiary/aromatic N) is 4. The minimum atomic E-state index is -0.575. The lowest BCUT2D eigenvalue weighted by molar-refractivity contribution is -0.00174. The Morgan fingerprint density at radius 2 is 2.03 bits per heavy atom. The zero-order valence-electron chi connectivity index (χ0n) is 19.0. The first-order valence-electron chi connectivity index (χ1n) is 11.8. The molecule has 2 fully saturated rings. The summed E-state index contributed by atoms with van der Waals surface area (Å²) in [4.78, 5) is 18.1. The molecule has 2 aliphatic rings. The fraction of sp³-hybridized carbons (Fsp3) is 0.480. The highest BCUT2D eigenvalue weighted by molar-refractivity contribution is 5.91. The molecule has 0 spiro atoms. The minimum Gasteiger partial charge on any atom is -0.379 e. The number of ether oxygens (including phenoxy) is 1. The molecule has 8 heteroatoms. The van der Waals surface area contributed by atoms with Crippen molar-refractivity contribution in [1.82, 2.24) is 19.7 Å². The van der Waals surface area contributed by atoms with E-state index in [9.17, 15) is 10.1 Å². The van der Waals surface area contributed by atoms with E-state index in [-0.39, 0.29) is 12.0 Å². The van der Waals surface area contributed by atoms with Crippen molar-refractivity contribution < 1.29 is 4.74 Å². The molecule has 0 bridgehead atoms. The number of likely N-dealkylation sites (tertiary alicyclic amines) is 1. The third-order valence-electron chi connectivity index (χ3n) is 7.11. The van der Waals surface area contributed by atoms with Gasteiger partial charge in [-0.25, -0.2) is 0 Å². The average molecular weight is 447 g/mol.